The first-order valence-corrected chi connectivity index (χ1v) is 6.50. The molecule has 0 saturated heterocycles. The van der Waals surface area contributed by atoms with Crippen LogP contribution in [0.1, 0.15) is 11.1 Å². The Morgan fingerprint density at radius 2 is 1.89 bits per heavy atom. The second-order valence-corrected chi connectivity index (χ2v) is 4.72. The summed E-state index contributed by atoms with van der Waals surface area (Å²) < 4.78 is 18.6. The van der Waals surface area contributed by atoms with Crippen molar-refractivity contribution in [3.63, 3.8) is 0 Å². The molecule has 100 valence electrons. The molecule has 0 atom stereocenters. The summed E-state index contributed by atoms with van der Waals surface area (Å²) in [5.41, 5.74) is 1.99. The molecular formula is C15H16ClFNO+. The van der Waals surface area contributed by atoms with E-state index in [9.17, 15) is 4.39 Å². The number of hydrogen-bond donors (Lipinski definition) is 1. The first-order chi connectivity index (χ1) is 9.19. The summed E-state index contributed by atoms with van der Waals surface area (Å²) in [5, 5.41) is 2.75. The minimum Gasteiger partial charge on any atom is -0.488 e. The third-order valence-electron chi connectivity index (χ3n) is 2.75. The molecule has 0 unspecified atom stereocenters. The van der Waals surface area contributed by atoms with Gasteiger partial charge in [-0.2, -0.15) is 0 Å². The van der Waals surface area contributed by atoms with Crippen LogP contribution in [0, 0.1) is 5.82 Å². The summed E-state index contributed by atoms with van der Waals surface area (Å²) in [4.78, 5) is 0. The molecule has 0 aliphatic rings. The van der Waals surface area contributed by atoms with Gasteiger partial charge in [0.1, 0.15) is 24.7 Å². The SMILES string of the molecule is C[NH2+]Cc1cc(Cl)ccc1OCc1ccc(F)cc1. The van der Waals surface area contributed by atoms with Gasteiger partial charge in [-0.25, -0.2) is 4.39 Å². The molecule has 19 heavy (non-hydrogen) atoms. The number of rotatable bonds is 5. The van der Waals surface area contributed by atoms with E-state index in [0.29, 0.717) is 11.6 Å². The quantitative estimate of drug-likeness (QED) is 0.895. The molecule has 2 N–H and O–H groups in total. The average molecular weight is 281 g/mol. The Morgan fingerprint density at radius 1 is 1.16 bits per heavy atom. The van der Waals surface area contributed by atoms with E-state index in [-0.39, 0.29) is 5.82 Å². The summed E-state index contributed by atoms with van der Waals surface area (Å²) in [5.74, 6) is 0.573. The molecule has 0 radical (unpaired) electrons. The van der Waals surface area contributed by atoms with Crippen LogP contribution in [-0.4, -0.2) is 7.05 Å². The van der Waals surface area contributed by atoms with Crippen LogP contribution in [0.25, 0.3) is 0 Å². The van der Waals surface area contributed by atoms with E-state index in [1.807, 2.05) is 19.2 Å². The summed E-state index contributed by atoms with van der Waals surface area (Å²) in [6.07, 6.45) is 0. The second-order valence-electron chi connectivity index (χ2n) is 4.28. The van der Waals surface area contributed by atoms with E-state index in [0.717, 1.165) is 23.4 Å². The maximum absolute atomic E-state index is 12.8. The Hall–Kier alpha value is -1.58. The number of ether oxygens (including phenoxy) is 1. The molecular weight excluding hydrogens is 265 g/mol. The van der Waals surface area contributed by atoms with Crippen molar-refractivity contribution < 1.29 is 14.4 Å². The molecule has 0 aromatic heterocycles. The molecule has 2 nitrogen and oxygen atoms in total. The first kappa shape index (κ1) is 13.8. The van der Waals surface area contributed by atoms with Gasteiger partial charge < -0.3 is 10.1 Å². The Balaban J connectivity index is 2.08. The standard InChI is InChI=1S/C15H15ClFNO/c1-18-9-12-8-13(16)4-7-15(12)19-10-11-2-5-14(17)6-3-11/h2-8,18H,9-10H2,1H3/p+1. The van der Waals surface area contributed by atoms with Crippen molar-refractivity contribution in [2.75, 3.05) is 7.05 Å². The second kappa shape index (κ2) is 6.55. The molecule has 2 aromatic rings. The van der Waals surface area contributed by atoms with Crippen molar-refractivity contribution in [2.24, 2.45) is 0 Å². The Labute approximate surface area is 117 Å². The Kier molecular flexibility index (Phi) is 4.77. The highest BCUT2D eigenvalue weighted by Gasteiger charge is 2.06. The molecule has 0 fully saturated rings. The van der Waals surface area contributed by atoms with Gasteiger partial charge in [0.2, 0.25) is 0 Å². The Morgan fingerprint density at radius 3 is 2.58 bits per heavy atom. The molecule has 2 rings (SSSR count). The van der Waals surface area contributed by atoms with Crippen molar-refractivity contribution in [1.82, 2.24) is 0 Å². The zero-order valence-corrected chi connectivity index (χ0v) is 11.5. The lowest BCUT2D eigenvalue weighted by Gasteiger charge is -2.10. The lowest BCUT2D eigenvalue weighted by molar-refractivity contribution is -0.643. The molecule has 0 bridgehead atoms. The fourth-order valence-corrected chi connectivity index (χ4v) is 2.00. The van der Waals surface area contributed by atoms with Crippen molar-refractivity contribution >= 4 is 11.6 Å². The van der Waals surface area contributed by atoms with Gasteiger partial charge in [0, 0.05) is 10.6 Å². The highest BCUT2D eigenvalue weighted by Crippen LogP contribution is 2.23. The highest BCUT2D eigenvalue weighted by atomic mass is 35.5. The zero-order chi connectivity index (χ0) is 13.7. The maximum atomic E-state index is 12.8. The van der Waals surface area contributed by atoms with Crippen molar-refractivity contribution in [3.05, 3.63) is 64.4 Å². The van der Waals surface area contributed by atoms with Crippen LogP contribution in [0.15, 0.2) is 42.5 Å². The van der Waals surface area contributed by atoms with E-state index < -0.39 is 0 Å². The number of benzene rings is 2. The van der Waals surface area contributed by atoms with E-state index in [1.54, 1.807) is 18.2 Å². The highest BCUT2D eigenvalue weighted by molar-refractivity contribution is 6.30. The lowest BCUT2D eigenvalue weighted by Crippen LogP contribution is -2.77. The minimum absolute atomic E-state index is 0.239. The molecule has 0 aliphatic heterocycles. The molecule has 0 saturated carbocycles. The van der Waals surface area contributed by atoms with Gasteiger partial charge in [-0.05, 0) is 35.9 Å². The topological polar surface area (TPSA) is 25.8 Å². The first-order valence-electron chi connectivity index (χ1n) is 6.12. The molecule has 0 aliphatic carbocycles. The van der Waals surface area contributed by atoms with Gasteiger partial charge in [0.05, 0.1) is 7.05 Å². The fourth-order valence-electron chi connectivity index (χ4n) is 1.81. The van der Waals surface area contributed by atoms with Gasteiger partial charge in [-0.3, -0.25) is 0 Å². The van der Waals surface area contributed by atoms with Gasteiger partial charge >= 0.3 is 0 Å². The van der Waals surface area contributed by atoms with E-state index in [2.05, 4.69) is 5.32 Å². The fraction of sp³-hybridized carbons (Fsp3) is 0.200. The number of hydrogen-bond acceptors (Lipinski definition) is 1. The normalized spacial score (nSPS) is 10.5. The molecule has 2 aromatic carbocycles. The Bertz CT molecular complexity index is 542. The minimum atomic E-state index is -0.239. The third-order valence-corrected chi connectivity index (χ3v) is 2.99. The van der Waals surface area contributed by atoms with Crippen LogP contribution >= 0.6 is 11.6 Å². The summed E-state index contributed by atoms with van der Waals surface area (Å²) in [6, 6.07) is 11.9. The summed E-state index contributed by atoms with van der Waals surface area (Å²) in [6.45, 7) is 1.22. The largest absolute Gasteiger partial charge is 0.488 e. The van der Waals surface area contributed by atoms with Crippen LogP contribution in [-0.2, 0) is 13.2 Å². The third kappa shape index (κ3) is 3.94. The average Bonchev–Trinajstić information content (AvgIpc) is 2.40. The van der Waals surface area contributed by atoms with Crippen LogP contribution < -0.4 is 10.1 Å². The van der Waals surface area contributed by atoms with Gasteiger partial charge in [-0.1, -0.05) is 23.7 Å². The molecule has 0 amide bonds. The van der Waals surface area contributed by atoms with Gasteiger partial charge in [-0.15, -0.1) is 0 Å². The van der Waals surface area contributed by atoms with Crippen LogP contribution in [0.4, 0.5) is 4.39 Å². The van der Waals surface area contributed by atoms with Crippen LogP contribution in [0.5, 0.6) is 5.75 Å². The number of halogens is 2. The van der Waals surface area contributed by atoms with E-state index in [4.69, 9.17) is 16.3 Å². The summed E-state index contributed by atoms with van der Waals surface area (Å²) in [7, 11) is 1.99. The van der Waals surface area contributed by atoms with Crippen molar-refractivity contribution in [2.45, 2.75) is 13.2 Å². The zero-order valence-electron chi connectivity index (χ0n) is 10.7. The monoisotopic (exact) mass is 280 g/mol. The van der Waals surface area contributed by atoms with Gasteiger partial charge in [0.15, 0.2) is 0 Å². The van der Waals surface area contributed by atoms with Crippen molar-refractivity contribution in [3.8, 4) is 5.75 Å². The van der Waals surface area contributed by atoms with Gasteiger partial charge in [0.25, 0.3) is 0 Å². The maximum Gasteiger partial charge on any atom is 0.128 e. The predicted molar refractivity (Wildman–Crippen MR) is 73.7 cm³/mol. The lowest BCUT2D eigenvalue weighted by atomic mass is 10.2. The molecule has 4 heteroatoms. The molecule has 0 spiro atoms. The smallest absolute Gasteiger partial charge is 0.128 e. The van der Waals surface area contributed by atoms with Crippen LogP contribution in [0.3, 0.4) is 0 Å². The number of quaternary nitrogens is 1. The summed E-state index contributed by atoms with van der Waals surface area (Å²) >= 11 is 5.98. The predicted octanol–water partition coefficient (Wildman–Crippen LogP) is 2.75. The molecule has 0 heterocycles. The van der Waals surface area contributed by atoms with Crippen LogP contribution in [0.2, 0.25) is 5.02 Å². The van der Waals surface area contributed by atoms with E-state index in [1.165, 1.54) is 12.1 Å². The number of nitrogens with two attached hydrogens (primary N) is 1. The van der Waals surface area contributed by atoms with E-state index >= 15 is 0 Å². The van der Waals surface area contributed by atoms with Crippen molar-refractivity contribution in [1.29, 1.82) is 0 Å².